The van der Waals surface area contributed by atoms with Crippen LogP contribution in [0.1, 0.15) is 5.69 Å². The summed E-state index contributed by atoms with van der Waals surface area (Å²) in [6, 6.07) is 15.8. The maximum absolute atomic E-state index is 13.4. The molecule has 4 aromatic heterocycles. The number of thiophene rings is 1. The first kappa shape index (κ1) is 20.8. The van der Waals surface area contributed by atoms with Crippen LogP contribution in [0.2, 0.25) is 0 Å². The Morgan fingerprint density at radius 1 is 1.03 bits per heavy atom. The molecule has 0 saturated carbocycles. The molecule has 0 amide bonds. The molecule has 0 atom stereocenters. The van der Waals surface area contributed by atoms with Crippen LogP contribution < -0.4 is 5.56 Å². The van der Waals surface area contributed by atoms with Gasteiger partial charge in [-0.1, -0.05) is 54.2 Å². The van der Waals surface area contributed by atoms with Gasteiger partial charge in [0.2, 0.25) is 0 Å². The average molecular weight is 475 g/mol. The fraction of sp³-hybridized carbons (Fsp3) is 0.0833. The van der Waals surface area contributed by atoms with Crippen molar-refractivity contribution in [2.45, 2.75) is 17.5 Å². The van der Waals surface area contributed by atoms with Gasteiger partial charge < -0.3 is 0 Å². The number of hydrogen-bond acceptors (Lipinski definition) is 7. The highest BCUT2D eigenvalue weighted by molar-refractivity contribution is 7.98. The van der Waals surface area contributed by atoms with Crippen LogP contribution in [0.5, 0.6) is 0 Å². The number of fused-ring (bicyclic) bond motifs is 1. The summed E-state index contributed by atoms with van der Waals surface area (Å²) in [5.74, 6) is 0.620. The van der Waals surface area contributed by atoms with Gasteiger partial charge in [-0.3, -0.25) is 14.3 Å². The van der Waals surface area contributed by atoms with Crippen molar-refractivity contribution in [3.63, 3.8) is 0 Å². The zero-order valence-electron chi connectivity index (χ0n) is 17.0. The predicted octanol–water partition coefficient (Wildman–Crippen LogP) is 6.12. The fourth-order valence-electron chi connectivity index (χ4n) is 3.35. The van der Waals surface area contributed by atoms with E-state index in [0.717, 1.165) is 32.4 Å². The van der Waals surface area contributed by atoms with Crippen LogP contribution in [0.4, 0.5) is 0 Å². The molecule has 0 aliphatic heterocycles. The Labute approximate surface area is 197 Å². The van der Waals surface area contributed by atoms with Gasteiger partial charge in [0.1, 0.15) is 9.84 Å². The minimum absolute atomic E-state index is 0.0371. The van der Waals surface area contributed by atoms with Gasteiger partial charge in [0.25, 0.3) is 5.56 Å². The number of pyridine rings is 1. The standard InChI is InChI=1S/C24H18N4OS3/c1-2-12-28-23(29)20-18(16-8-4-3-5-9-16)15-31-22(20)27-24(28)32-14-17-13-30-21(26-17)19-10-6-7-11-25-19/h2-11,13,15H,1,12,14H2. The molecule has 0 unspecified atom stereocenters. The van der Waals surface area contributed by atoms with E-state index < -0.39 is 0 Å². The maximum Gasteiger partial charge on any atom is 0.263 e. The Morgan fingerprint density at radius 2 is 1.88 bits per heavy atom. The normalized spacial score (nSPS) is 11.1. The Balaban J connectivity index is 1.48. The lowest BCUT2D eigenvalue weighted by Crippen LogP contribution is -2.22. The highest BCUT2D eigenvalue weighted by atomic mass is 32.2. The van der Waals surface area contributed by atoms with Crippen LogP contribution in [0.15, 0.2) is 88.1 Å². The van der Waals surface area contributed by atoms with E-state index in [4.69, 9.17) is 9.97 Å². The van der Waals surface area contributed by atoms with Crippen molar-refractivity contribution in [3.8, 4) is 21.8 Å². The number of hydrogen-bond donors (Lipinski definition) is 0. The number of nitrogens with zero attached hydrogens (tertiary/aromatic N) is 4. The first-order valence-corrected chi connectivity index (χ1v) is 12.7. The number of rotatable bonds is 7. The average Bonchev–Trinajstić information content (AvgIpc) is 3.48. The second-order valence-corrected chi connectivity index (χ2v) is 9.60. The van der Waals surface area contributed by atoms with Crippen LogP contribution in [0, 0.1) is 0 Å². The van der Waals surface area contributed by atoms with Crippen molar-refractivity contribution in [2.24, 2.45) is 0 Å². The second kappa shape index (κ2) is 9.20. The van der Waals surface area contributed by atoms with E-state index in [9.17, 15) is 4.79 Å². The Hall–Kier alpha value is -3.07. The Bertz CT molecular complexity index is 1440. The highest BCUT2D eigenvalue weighted by Gasteiger charge is 2.17. The van der Waals surface area contributed by atoms with Crippen LogP contribution in [-0.4, -0.2) is 19.5 Å². The molecule has 5 rings (SSSR count). The molecule has 0 saturated heterocycles. The zero-order valence-corrected chi connectivity index (χ0v) is 19.4. The summed E-state index contributed by atoms with van der Waals surface area (Å²) in [5.41, 5.74) is 3.72. The van der Waals surface area contributed by atoms with Gasteiger partial charge in [-0.05, 0) is 17.7 Å². The number of thioether (sulfide) groups is 1. The minimum Gasteiger partial charge on any atom is -0.283 e. The lowest BCUT2D eigenvalue weighted by Gasteiger charge is -2.10. The molecule has 0 aliphatic carbocycles. The molecule has 5 nitrogen and oxygen atoms in total. The third-order valence-electron chi connectivity index (χ3n) is 4.84. The summed E-state index contributed by atoms with van der Waals surface area (Å²) in [7, 11) is 0. The van der Waals surface area contributed by atoms with Crippen LogP contribution in [0.25, 0.3) is 32.0 Å². The van der Waals surface area contributed by atoms with Gasteiger partial charge in [0, 0.05) is 34.8 Å². The third kappa shape index (κ3) is 4.04. The number of thiazole rings is 1. The minimum atomic E-state index is -0.0371. The predicted molar refractivity (Wildman–Crippen MR) is 134 cm³/mol. The first-order valence-electron chi connectivity index (χ1n) is 9.91. The first-order chi connectivity index (χ1) is 15.7. The largest absolute Gasteiger partial charge is 0.283 e. The highest BCUT2D eigenvalue weighted by Crippen LogP contribution is 2.33. The molecule has 1 aromatic carbocycles. The smallest absolute Gasteiger partial charge is 0.263 e. The van der Waals surface area contributed by atoms with Gasteiger partial charge in [0.15, 0.2) is 5.16 Å². The molecule has 4 heterocycles. The lowest BCUT2D eigenvalue weighted by atomic mass is 10.1. The van der Waals surface area contributed by atoms with Gasteiger partial charge in [-0.2, -0.15) is 0 Å². The Kier molecular flexibility index (Phi) is 5.98. The maximum atomic E-state index is 13.4. The topological polar surface area (TPSA) is 60.7 Å². The number of allylic oxidation sites excluding steroid dienone is 1. The van der Waals surface area contributed by atoms with Crippen molar-refractivity contribution in [1.82, 2.24) is 19.5 Å². The third-order valence-corrected chi connectivity index (χ3v) is 7.64. The van der Waals surface area contributed by atoms with E-state index in [1.807, 2.05) is 59.3 Å². The summed E-state index contributed by atoms with van der Waals surface area (Å²) in [6.45, 7) is 4.24. The van der Waals surface area contributed by atoms with Gasteiger partial charge in [0.05, 0.1) is 16.8 Å². The summed E-state index contributed by atoms with van der Waals surface area (Å²) >= 11 is 4.59. The lowest BCUT2D eigenvalue weighted by molar-refractivity contribution is 0.673. The molecular weight excluding hydrogens is 456 g/mol. The summed E-state index contributed by atoms with van der Waals surface area (Å²) in [6.07, 6.45) is 3.50. The Morgan fingerprint density at radius 3 is 2.66 bits per heavy atom. The quantitative estimate of drug-likeness (QED) is 0.161. The molecule has 0 spiro atoms. The van der Waals surface area contributed by atoms with E-state index in [1.54, 1.807) is 28.2 Å². The number of aromatic nitrogens is 4. The van der Waals surface area contributed by atoms with Gasteiger partial charge in [-0.15, -0.1) is 29.3 Å². The summed E-state index contributed by atoms with van der Waals surface area (Å²) in [5, 5.41) is 6.28. The molecular formula is C24H18N4OS3. The molecule has 32 heavy (non-hydrogen) atoms. The fourth-order valence-corrected chi connectivity index (χ4v) is 6.14. The van der Waals surface area contributed by atoms with E-state index in [-0.39, 0.29) is 5.56 Å². The van der Waals surface area contributed by atoms with Crippen molar-refractivity contribution >= 4 is 44.7 Å². The SMILES string of the molecule is C=CCn1c(SCc2csc(-c3ccccn3)n2)nc2scc(-c3ccccc3)c2c1=O. The molecule has 0 fully saturated rings. The van der Waals surface area contributed by atoms with Crippen molar-refractivity contribution in [1.29, 1.82) is 0 Å². The van der Waals surface area contributed by atoms with Crippen LogP contribution >= 0.6 is 34.4 Å². The molecule has 158 valence electrons. The molecule has 0 aliphatic rings. The zero-order chi connectivity index (χ0) is 21.9. The number of benzene rings is 1. The monoisotopic (exact) mass is 474 g/mol. The van der Waals surface area contributed by atoms with E-state index in [1.165, 1.54) is 23.1 Å². The molecule has 5 aromatic rings. The molecule has 0 N–H and O–H groups in total. The second-order valence-electron chi connectivity index (χ2n) is 6.94. The van der Waals surface area contributed by atoms with Crippen molar-refractivity contribution in [2.75, 3.05) is 0 Å². The van der Waals surface area contributed by atoms with Gasteiger partial charge in [-0.25, -0.2) is 9.97 Å². The molecule has 8 heteroatoms. The van der Waals surface area contributed by atoms with Crippen molar-refractivity contribution in [3.05, 3.63) is 94.2 Å². The van der Waals surface area contributed by atoms with Crippen LogP contribution in [-0.2, 0) is 12.3 Å². The summed E-state index contributed by atoms with van der Waals surface area (Å²) in [4.78, 5) is 28.1. The van der Waals surface area contributed by atoms with E-state index in [2.05, 4.69) is 11.6 Å². The van der Waals surface area contributed by atoms with Crippen molar-refractivity contribution < 1.29 is 0 Å². The summed E-state index contributed by atoms with van der Waals surface area (Å²) < 4.78 is 1.70. The van der Waals surface area contributed by atoms with Crippen LogP contribution in [0.3, 0.4) is 0 Å². The van der Waals surface area contributed by atoms with E-state index >= 15 is 0 Å². The molecule has 0 bridgehead atoms. The van der Waals surface area contributed by atoms with E-state index in [0.29, 0.717) is 22.8 Å². The molecule has 0 radical (unpaired) electrons. The van der Waals surface area contributed by atoms with Gasteiger partial charge >= 0.3 is 0 Å².